The maximum Gasteiger partial charge on any atom is 0.224 e. The Labute approximate surface area is 119 Å². The lowest BCUT2D eigenvalue weighted by Gasteiger charge is -2.32. The minimum atomic E-state index is -0.222. The number of aromatic nitrogens is 2. The van der Waals surface area contributed by atoms with Crippen molar-refractivity contribution in [2.24, 2.45) is 11.7 Å². The van der Waals surface area contributed by atoms with Gasteiger partial charge in [0.2, 0.25) is 11.2 Å². The summed E-state index contributed by atoms with van der Waals surface area (Å²) < 4.78 is 0.834. The number of amides is 1. The molecule has 98 valence electrons. The fourth-order valence-corrected chi connectivity index (χ4v) is 2.76. The number of primary amides is 1. The minimum Gasteiger partial charge on any atom is -0.370 e. The molecule has 1 aliphatic rings. The lowest BCUT2D eigenvalue weighted by Crippen LogP contribution is -2.35. The number of halogens is 2. The number of carbonyl (C=O) groups is 1. The molecule has 0 bridgehead atoms. The summed E-state index contributed by atoms with van der Waals surface area (Å²) in [5, 5.41) is 0.243. The largest absolute Gasteiger partial charge is 0.370 e. The highest BCUT2D eigenvalue weighted by molar-refractivity contribution is 9.10. The topological polar surface area (TPSA) is 72.1 Å². The zero-order chi connectivity index (χ0) is 13.1. The average molecular weight is 334 g/mol. The molecule has 18 heavy (non-hydrogen) atoms. The Bertz CT molecular complexity index is 449. The van der Waals surface area contributed by atoms with Gasteiger partial charge in [-0.3, -0.25) is 4.79 Å². The zero-order valence-corrected chi connectivity index (χ0v) is 12.1. The maximum absolute atomic E-state index is 10.9. The first-order chi connectivity index (χ1) is 8.56. The van der Waals surface area contributed by atoms with E-state index in [1.54, 1.807) is 6.20 Å². The van der Waals surface area contributed by atoms with Crippen LogP contribution in [0.15, 0.2) is 10.7 Å². The van der Waals surface area contributed by atoms with Crippen molar-refractivity contribution in [3.05, 3.63) is 16.0 Å². The predicted molar refractivity (Wildman–Crippen MR) is 73.5 cm³/mol. The second-order valence-electron chi connectivity index (χ2n) is 4.41. The molecule has 1 aliphatic heterocycles. The molecule has 7 heteroatoms. The second kappa shape index (κ2) is 5.84. The number of hydrogen-bond donors (Lipinski definition) is 1. The lowest BCUT2D eigenvalue weighted by atomic mass is 9.93. The van der Waals surface area contributed by atoms with Gasteiger partial charge in [-0.1, -0.05) is 0 Å². The number of hydrogen-bond acceptors (Lipinski definition) is 4. The first-order valence-corrected chi connectivity index (χ1v) is 6.94. The van der Waals surface area contributed by atoms with Crippen molar-refractivity contribution in [3.63, 3.8) is 0 Å². The molecule has 2 heterocycles. The first-order valence-electron chi connectivity index (χ1n) is 5.77. The van der Waals surface area contributed by atoms with E-state index < -0.39 is 0 Å². The van der Waals surface area contributed by atoms with Crippen molar-refractivity contribution in [2.45, 2.75) is 19.3 Å². The molecule has 0 aromatic carbocycles. The van der Waals surface area contributed by atoms with Crippen LogP contribution in [0.3, 0.4) is 0 Å². The molecule has 1 aromatic rings. The molecule has 0 unspecified atom stereocenters. The van der Waals surface area contributed by atoms with E-state index in [4.69, 9.17) is 17.3 Å². The monoisotopic (exact) mass is 332 g/mol. The summed E-state index contributed by atoms with van der Waals surface area (Å²) in [5.41, 5.74) is 5.21. The Hall–Kier alpha value is -0.880. The van der Waals surface area contributed by atoms with Gasteiger partial charge in [0, 0.05) is 25.7 Å². The fraction of sp³-hybridized carbons (Fsp3) is 0.545. The molecular weight excluding hydrogens is 320 g/mol. The van der Waals surface area contributed by atoms with Gasteiger partial charge in [-0.15, -0.1) is 0 Å². The van der Waals surface area contributed by atoms with E-state index >= 15 is 0 Å². The number of anilines is 1. The van der Waals surface area contributed by atoms with Crippen molar-refractivity contribution in [2.75, 3.05) is 18.0 Å². The van der Waals surface area contributed by atoms with Crippen molar-refractivity contribution >= 4 is 39.3 Å². The van der Waals surface area contributed by atoms with Crippen LogP contribution in [-0.2, 0) is 4.79 Å². The van der Waals surface area contributed by atoms with Gasteiger partial charge in [-0.05, 0) is 46.3 Å². The van der Waals surface area contributed by atoms with Crippen LogP contribution >= 0.6 is 27.5 Å². The van der Waals surface area contributed by atoms with E-state index in [-0.39, 0.29) is 11.2 Å². The smallest absolute Gasteiger partial charge is 0.224 e. The summed E-state index contributed by atoms with van der Waals surface area (Å²) >= 11 is 9.22. The quantitative estimate of drug-likeness (QED) is 0.859. The summed E-state index contributed by atoms with van der Waals surface area (Å²) in [6, 6.07) is 0. The van der Waals surface area contributed by atoms with Gasteiger partial charge in [0.15, 0.2) is 0 Å². The van der Waals surface area contributed by atoms with E-state index in [0.717, 1.165) is 36.2 Å². The highest BCUT2D eigenvalue weighted by atomic mass is 79.9. The summed E-state index contributed by atoms with van der Waals surface area (Å²) in [6.45, 7) is 1.70. The van der Waals surface area contributed by atoms with Gasteiger partial charge >= 0.3 is 0 Å². The summed E-state index contributed by atoms with van der Waals surface area (Å²) in [4.78, 5) is 21.2. The first kappa shape index (κ1) is 13.5. The molecule has 1 fully saturated rings. The van der Waals surface area contributed by atoms with Crippen LogP contribution in [0, 0.1) is 5.92 Å². The Morgan fingerprint density at radius 2 is 2.22 bits per heavy atom. The van der Waals surface area contributed by atoms with Crippen molar-refractivity contribution < 1.29 is 4.79 Å². The van der Waals surface area contributed by atoms with Gasteiger partial charge in [0.05, 0.1) is 4.47 Å². The van der Waals surface area contributed by atoms with Crippen LogP contribution in [0.2, 0.25) is 5.28 Å². The number of carbonyl (C=O) groups excluding carboxylic acids is 1. The highest BCUT2D eigenvalue weighted by Gasteiger charge is 2.23. The molecule has 5 nitrogen and oxygen atoms in total. The standard InChI is InChI=1S/C11H14BrClN4O/c12-8-6-15-11(13)16-10(8)17-3-1-7(2-4-17)5-9(14)18/h6-7H,1-5H2,(H2,14,18). The van der Waals surface area contributed by atoms with Gasteiger partial charge in [0.25, 0.3) is 0 Å². The Kier molecular flexibility index (Phi) is 4.40. The van der Waals surface area contributed by atoms with E-state index in [1.165, 1.54) is 0 Å². The van der Waals surface area contributed by atoms with Crippen LogP contribution in [0.1, 0.15) is 19.3 Å². The molecule has 0 spiro atoms. The summed E-state index contributed by atoms with van der Waals surface area (Å²) in [6.07, 6.45) is 4.01. The third-order valence-electron chi connectivity index (χ3n) is 3.10. The van der Waals surface area contributed by atoms with Crippen LogP contribution in [0.4, 0.5) is 5.82 Å². The molecule has 0 aliphatic carbocycles. The number of nitrogens with zero attached hydrogens (tertiary/aromatic N) is 3. The molecule has 0 saturated carbocycles. The second-order valence-corrected chi connectivity index (χ2v) is 5.60. The van der Waals surface area contributed by atoms with Crippen molar-refractivity contribution in [1.29, 1.82) is 0 Å². The molecule has 2 rings (SSSR count). The van der Waals surface area contributed by atoms with E-state index in [9.17, 15) is 4.79 Å². The van der Waals surface area contributed by atoms with Crippen LogP contribution in [-0.4, -0.2) is 29.0 Å². The van der Waals surface area contributed by atoms with E-state index in [2.05, 4.69) is 30.8 Å². The van der Waals surface area contributed by atoms with E-state index in [0.29, 0.717) is 12.3 Å². The lowest BCUT2D eigenvalue weighted by molar-refractivity contribution is -0.119. The Balaban J connectivity index is 2.01. The zero-order valence-electron chi connectivity index (χ0n) is 9.77. The summed E-state index contributed by atoms with van der Waals surface area (Å²) in [7, 11) is 0. The molecule has 1 saturated heterocycles. The number of nitrogens with two attached hydrogens (primary N) is 1. The maximum atomic E-state index is 10.9. The normalized spacial score (nSPS) is 16.9. The van der Waals surface area contributed by atoms with Crippen LogP contribution in [0.25, 0.3) is 0 Å². The Morgan fingerprint density at radius 3 is 2.83 bits per heavy atom. The van der Waals surface area contributed by atoms with Gasteiger partial charge in [-0.25, -0.2) is 4.98 Å². The molecule has 1 amide bonds. The average Bonchev–Trinajstić information content (AvgIpc) is 2.33. The molecule has 0 atom stereocenters. The SMILES string of the molecule is NC(=O)CC1CCN(c2nc(Cl)ncc2Br)CC1. The van der Waals surface area contributed by atoms with E-state index in [1.807, 2.05) is 0 Å². The minimum absolute atomic E-state index is 0.222. The third kappa shape index (κ3) is 3.32. The molecule has 1 aromatic heterocycles. The van der Waals surface area contributed by atoms with Crippen LogP contribution < -0.4 is 10.6 Å². The number of rotatable bonds is 3. The summed E-state index contributed by atoms with van der Waals surface area (Å²) in [5.74, 6) is 0.974. The number of piperidine rings is 1. The van der Waals surface area contributed by atoms with Crippen LogP contribution in [0.5, 0.6) is 0 Å². The highest BCUT2D eigenvalue weighted by Crippen LogP contribution is 2.29. The van der Waals surface area contributed by atoms with Gasteiger partial charge in [0.1, 0.15) is 5.82 Å². The Morgan fingerprint density at radius 1 is 1.56 bits per heavy atom. The molecular formula is C11H14BrClN4O. The predicted octanol–water partition coefficient (Wildman–Crippen LogP) is 1.98. The fourth-order valence-electron chi connectivity index (χ4n) is 2.19. The van der Waals surface area contributed by atoms with Crippen molar-refractivity contribution in [3.8, 4) is 0 Å². The third-order valence-corrected chi connectivity index (χ3v) is 3.84. The van der Waals surface area contributed by atoms with Gasteiger partial charge < -0.3 is 10.6 Å². The van der Waals surface area contributed by atoms with Gasteiger partial charge in [-0.2, -0.15) is 4.98 Å². The molecule has 2 N–H and O–H groups in total. The van der Waals surface area contributed by atoms with Crippen molar-refractivity contribution in [1.82, 2.24) is 9.97 Å². The molecule has 0 radical (unpaired) electrons.